The molecule has 0 saturated carbocycles. The zero-order valence-electron chi connectivity index (χ0n) is 11.4. The highest BCUT2D eigenvalue weighted by Gasteiger charge is 2.30. The highest BCUT2D eigenvalue weighted by atomic mass is 19.4. The molecule has 0 aliphatic carbocycles. The summed E-state index contributed by atoms with van der Waals surface area (Å²) >= 11 is 0. The fourth-order valence-electron chi connectivity index (χ4n) is 2.02. The summed E-state index contributed by atoms with van der Waals surface area (Å²) in [5, 5.41) is 18.0. The second-order valence-corrected chi connectivity index (χ2v) is 4.73. The molecule has 0 amide bonds. The molecule has 1 N–H and O–H groups in total. The Hall–Kier alpha value is -2.71. The number of anilines is 1. The second-order valence-electron chi connectivity index (χ2n) is 4.73. The Bertz CT molecular complexity index is 798. The molecule has 1 unspecified atom stereocenters. The molecule has 0 spiro atoms. The zero-order valence-corrected chi connectivity index (χ0v) is 11.4. The summed E-state index contributed by atoms with van der Waals surface area (Å²) in [4.78, 5) is 0. The molecular weight excluding hydrogens is 297 g/mol. The van der Waals surface area contributed by atoms with E-state index in [4.69, 9.17) is 0 Å². The average Bonchev–Trinajstić information content (AvgIpc) is 2.94. The van der Waals surface area contributed by atoms with Crippen LogP contribution in [0.15, 0.2) is 36.4 Å². The predicted molar refractivity (Wildman–Crippen MR) is 72.1 cm³/mol. The summed E-state index contributed by atoms with van der Waals surface area (Å²) in [6.07, 6.45) is -4.36. The van der Waals surface area contributed by atoms with Crippen LogP contribution in [0.1, 0.15) is 24.1 Å². The molecule has 114 valence electrons. The molecule has 1 aromatic carbocycles. The third kappa shape index (κ3) is 2.83. The SMILES string of the molecule is CC(Nc1ccc2nnnn2n1)c1cccc(C(F)(F)F)c1. The van der Waals surface area contributed by atoms with Crippen LogP contribution in [0.25, 0.3) is 5.65 Å². The smallest absolute Gasteiger partial charge is 0.362 e. The van der Waals surface area contributed by atoms with Crippen molar-refractivity contribution in [1.29, 1.82) is 0 Å². The molecule has 2 aromatic heterocycles. The van der Waals surface area contributed by atoms with Gasteiger partial charge in [-0.1, -0.05) is 12.1 Å². The first-order valence-electron chi connectivity index (χ1n) is 6.42. The first kappa shape index (κ1) is 14.2. The molecule has 0 aliphatic heterocycles. The minimum Gasteiger partial charge on any atom is -0.362 e. The van der Waals surface area contributed by atoms with Crippen LogP contribution in [0.5, 0.6) is 0 Å². The lowest BCUT2D eigenvalue weighted by molar-refractivity contribution is -0.137. The van der Waals surface area contributed by atoms with Gasteiger partial charge in [-0.15, -0.1) is 14.8 Å². The Balaban J connectivity index is 1.83. The van der Waals surface area contributed by atoms with E-state index in [0.29, 0.717) is 17.0 Å². The maximum atomic E-state index is 12.7. The number of fused-ring (bicyclic) bond motifs is 1. The fraction of sp³-hybridized carbons (Fsp3) is 0.231. The van der Waals surface area contributed by atoms with E-state index < -0.39 is 11.7 Å². The van der Waals surface area contributed by atoms with Gasteiger partial charge in [0.25, 0.3) is 0 Å². The summed E-state index contributed by atoms with van der Waals surface area (Å²) in [6, 6.07) is 8.14. The van der Waals surface area contributed by atoms with Crippen LogP contribution in [0.2, 0.25) is 0 Å². The molecule has 0 radical (unpaired) electrons. The van der Waals surface area contributed by atoms with Crippen molar-refractivity contribution in [2.75, 3.05) is 5.32 Å². The highest BCUT2D eigenvalue weighted by Crippen LogP contribution is 2.31. The molecule has 9 heteroatoms. The van der Waals surface area contributed by atoms with Gasteiger partial charge < -0.3 is 5.32 Å². The van der Waals surface area contributed by atoms with Crippen LogP contribution in [-0.2, 0) is 6.18 Å². The van der Waals surface area contributed by atoms with Crippen molar-refractivity contribution in [2.45, 2.75) is 19.1 Å². The van der Waals surface area contributed by atoms with Crippen LogP contribution in [0.3, 0.4) is 0 Å². The zero-order chi connectivity index (χ0) is 15.7. The normalized spacial score (nSPS) is 13.3. The summed E-state index contributed by atoms with van der Waals surface area (Å²) < 4.78 is 39.5. The lowest BCUT2D eigenvalue weighted by Gasteiger charge is -2.16. The van der Waals surface area contributed by atoms with Crippen LogP contribution >= 0.6 is 0 Å². The molecule has 3 aromatic rings. The Morgan fingerprint density at radius 2 is 2.00 bits per heavy atom. The number of tetrazole rings is 1. The van der Waals surface area contributed by atoms with Crippen molar-refractivity contribution in [1.82, 2.24) is 25.3 Å². The maximum absolute atomic E-state index is 12.7. The van der Waals surface area contributed by atoms with Gasteiger partial charge in [0, 0.05) is 0 Å². The summed E-state index contributed by atoms with van der Waals surface area (Å²) in [5.74, 6) is 0.463. The molecule has 22 heavy (non-hydrogen) atoms. The number of nitrogens with one attached hydrogen (secondary N) is 1. The van der Waals surface area contributed by atoms with Crippen molar-refractivity contribution >= 4 is 11.5 Å². The summed E-state index contributed by atoms with van der Waals surface area (Å²) in [5.41, 5.74) is 0.313. The van der Waals surface area contributed by atoms with Crippen molar-refractivity contribution in [3.63, 3.8) is 0 Å². The van der Waals surface area contributed by atoms with Gasteiger partial charge in [0.2, 0.25) is 0 Å². The van der Waals surface area contributed by atoms with Gasteiger partial charge in [-0.2, -0.15) is 13.2 Å². The number of hydrogen-bond acceptors (Lipinski definition) is 5. The van der Waals surface area contributed by atoms with Gasteiger partial charge in [0.05, 0.1) is 11.6 Å². The molecule has 0 aliphatic rings. The molecule has 0 fully saturated rings. The van der Waals surface area contributed by atoms with Gasteiger partial charge in [0.1, 0.15) is 5.82 Å². The Morgan fingerprint density at radius 3 is 2.77 bits per heavy atom. The van der Waals surface area contributed by atoms with Crippen LogP contribution in [0, 0.1) is 0 Å². The first-order valence-corrected chi connectivity index (χ1v) is 6.42. The predicted octanol–water partition coefficient (Wildman–Crippen LogP) is 2.71. The minimum atomic E-state index is -4.36. The van der Waals surface area contributed by atoms with E-state index in [1.54, 1.807) is 25.1 Å². The summed E-state index contributed by atoms with van der Waals surface area (Å²) in [7, 11) is 0. The minimum absolute atomic E-state index is 0.358. The molecule has 6 nitrogen and oxygen atoms in total. The van der Waals surface area contributed by atoms with Crippen molar-refractivity contribution < 1.29 is 13.2 Å². The monoisotopic (exact) mass is 308 g/mol. The van der Waals surface area contributed by atoms with E-state index in [1.807, 2.05) is 0 Å². The Kier molecular flexibility index (Phi) is 3.39. The molecule has 3 rings (SSSR count). The molecule has 0 saturated heterocycles. The van der Waals surface area contributed by atoms with Crippen LogP contribution < -0.4 is 5.32 Å². The number of alkyl halides is 3. The van der Waals surface area contributed by atoms with Gasteiger partial charge >= 0.3 is 6.18 Å². The molecular formula is C13H11F3N6. The Morgan fingerprint density at radius 1 is 1.18 bits per heavy atom. The molecule has 0 bridgehead atoms. The lowest BCUT2D eigenvalue weighted by atomic mass is 10.0. The number of halogens is 3. The largest absolute Gasteiger partial charge is 0.416 e. The second kappa shape index (κ2) is 5.24. The number of benzene rings is 1. The topological polar surface area (TPSA) is 68.0 Å². The van der Waals surface area contributed by atoms with Crippen LogP contribution in [-0.4, -0.2) is 25.3 Å². The van der Waals surface area contributed by atoms with E-state index in [9.17, 15) is 13.2 Å². The van der Waals surface area contributed by atoms with Crippen molar-refractivity contribution in [3.05, 3.63) is 47.5 Å². The van der Waals surface area contributed by atoms with E-state index in [2.05, 4.69) is 25.9 Å². The van der Waals surface area contributed by atoms with E-state index >= 15 is 0 Å². The van der Waals surface area contributed by atoms with Crippen LogP contribution in [0.4, 0.5) is 19.0 Å². The number of hydrogen-bond donors (Lipinski definition) is 1. The standard InChI is InChI=1S/C13H11F3N6/c1-8(9-3-2-4-10(7-9)13(14,15)16)17-11-5-6-12-18-20-21-22(12)19-11/h2-8H,1H3,(H,17,19). The Labute approximate surface area is 123 Å². The van der Waals surface area contributed by atoms with E-state index in [0.717, 1.165) is 12.1 Å². The van der Waals surface area contributed by atoms with E-state index in [1.165, 1.54) is 10.7 Å². The van der Waals surface area contributed by atoms with Gasteiger partial charge in [-0.25, -0.2) is 0 Å². The van der Waals surface area contributed by atoms with E-state index in [-0.39, 0.29) is 6.04 Å². The molecule has 2 heterocycles. The number of aromatic nitrogens is 5. The quantitative estimate of drug-likeness (QED) is 0.806. The lowest BCUT2D eigenvalue weighted by Crippen LogP contribution is -2.11. The number of rotatable bonds is 3. The van der Waals surface area contributed by atoms with Crippen molar-refractivity contribution in [3.8, 4) is 0 Å². The summed E-state index contributed by atoms with van der Waals surface area (Å²) in [6.45, 7) is 1.75. The maximum Gasteiger partial charge on any atom is 0.416 e. The molecule has 1 atom stereocenters. The average molecular weight is 308 g/mol. The van der Waals surface area contributed by atoms with Gasteiger partial charge in [-0.05, 0) is 47.2 Å². The first-order chi connectivity index (χ1) is 10.4. The number of nitrogens with zero attached hydrogens (tertiary/aromatic N) is 5. The fourth-order valence-corrected chi connectivity index (χ4v) is 2.02. The van der Waals surface area contributed by atoms with Crippen molar-refractivity contribution in [2.24, 2.45) is 0 Å². The third-order valence-electron chi connectivity index (χ3n) is 3.15. The van der Waals surface area contributed by atoms with Gasteiger partial charge in [0.15, 0.2) is 5.65 Å². The third-order valence-corrected chi connectivity index (χ3v) is 3.15. The van der Waals surface area contributed by atoms with Gasteiger partial charge in [-0.3, -0.25) is 0 Å². The highest BCUT2D eigenvalue weighted by molar-refractivity contribution is 5.44.